The summed E-state index contributed by atoms with van der Waals surface area (Å²) in [5.41, 5.74) is 7.03. The molecule has 0 radical (unpaired) electrons. The Balaban J connectivity index is 1.83. The molecule has 0 unspecified atom stereocenters. The number of benzene rings is 2. The molecule has 0 aliphatic heterocycles. The number of nitrogens with two attached hydrogens (primary N) is 1. The maximum atomic E-state index is 13.8. The van der Waals surface area contributed by atoms with Crippen LogP contribution in [0.1, 0.15) is 13.3 Å². The van der Waals surface area contributed by atoms with E-state index in [1.165, 1.54) is 6.07 Å². The van der Waals surface area contributed by atoms with Crippen LogP contribution in [0.15, 0.2) is 48.5 Å². The predicted octanol–water partition coefficient (Wildman–Crippen LogP) is 3.70. The molecule has 2 aromatic rings. The number of rotatable bonds is 7. The molecule has 0 spiro atoms. The SMILES string of the molecule is CCN(CCCOc1cccc(N)c1)c1ccccc1F. The Kier molecular flexibility index (Phi) is 5.43. The van der Waals surface area contributed by atoms with E-state index in [0.717, 1.165) is 25.3 Å². The standard InChI is InChI=1S/C17H21FN2O/c1-2-20(17-10-4-3-9-16(17)18)11-6-12-21-15-8-5-7-14(19)13-15/h3-5,7-10,13H,2,6,11-12,19H2,1H3. The quantitative estimate of drug-likeness (QED) is 0.623. The van der Waals surface area contributed by atoms with Crippen molar-refractivity contribution in [2.45, 2.75) is 13.3 Å². The van der Waals surface area contributed by atoms with E-state index in [4.69, 9.17) is 10.5 Å². The largest absolute Gasteiger partial charge is 0.493 e. The number of nitrogens with zero attached hydrogens (tertiary/aromatic N) is 1. The summed E-state index contributed by atoms with van der Waals surface area (Å²) >= 11 is 0. The first-order chi connectivity index (χ1) is 10.2. The summed E-state index contributed by atoms with van der Waals surface area (Å²) < 4.78 is 19.4. The zero-order valence-corrected chi connectivity index (χ0v) is 12.3. The van der Waals surface area contributed by atoms with Gasteiger partial charge >= 0.3 is 0 Å². The van der Waals surface area contributed by atoms with Crippen LogP contribution in [0.2, 0.25) is 0 Å². The topological polar surface area (TPSA) is 38.5 Å². The first-order valence-corrected chi connectivity index (χ1v) is 7.18. The fraction of sp³-hybridized carbons (Fsp3) is 0.294. The lowest BCUT2D eigenvalue weighted by Gasteiger charge is -2.23. The Bertz CT molecular complexity index is 574. The third-order valence-corrected chi connectivity index (χ3v) is 3.27. The summed E-state index contributed by atoms with van der Waals surface area (Å²) in [5, 5.41) is 0. The minimum atomic E-state index is -0.184. The van der Waals surface area contributed by atoms with Crippen molar-refractivity contribution in [2.75, 3.05) is 30.3 Å². The Morgan fingerprint density at radius 3 is 2.67 bits per heavy atom. The van der Waals surface area contributed by atoms with Crippen molar-refractivity contribution in [2.24, 2.45) is 0 Å². The van der Waals surface area contributed by atoms with Crippen molar-refractivity contribution < 1.29 is 9.13 Å². The molecule has 0 atom stereocenters. The number of hydrogen-bond donors (Lipinski definition) is 1. The van der Waals surface area contributed by atoms with Gasteiger partial charge in [-0.15, -0.1) is 0 Å². The second kappa shape index (κ2) is 7.53. The van der Waals surface area contributed by atoms with Gasteiger partial charge in [0.15, 0.2) is 0 Å². The number of halogens is 1. The average molecular weight is 288 g/mol. The lowest BCUT2D eigenvalue weighted by Crippen LogP contribution is -2.26. The summed E-state index contributed by atoms with van der Waals surface area (Å²) in [6, 6.07) is 14.2. The van der Waals surface area contributed by atoms with Crippen LogP contribution in [-0.2, 0) is 0 Å². The number of para-hydroxylation sites is 1. The molecule has 0 saturated carbocycles. The van der Waals surface area contributed by atoms with Crippen LogP contribution in [-0.4, -0.2) is 19.7 Å². The van der Waals surface area contributed by atoms with Crippen LogP contribution >= 0.6 is 0 Å². The fourth-order valence-corrected chi connectivity index (χ4v) is 2.21. The Labute approximate surface area is 125 Å². The summed E-state index contributed by atoms with van der Waals surface area (Å²) in [6.45, 7) is 4.11. The van der Waals surface area contributed by atoms with E-state index in [0.29, 0.717) is 18.0 Å². The number of hydrogen-bond acceptors (Lipinski definition) is 3. The van der Waals surface area contributed by atoms with Crippen molar-refractivity contribution in [1.82, 2.24) is 0 Å². The highest BCUT2D eigenvalue weighted by Crippen LogP contribution is 2.19. The van der Waals surface area contributed by atoms with E-state index in [1.54, 1.807) is 18.2 Å². The van der Waals surface area contributed by atoms with Crippen LogP contribution in [0.3, 0.4) is 0 Å². The van der Waals surface area contributed by atoms with Gasteiger partial charge in [-0.2, -0.15) is 0 Å². The first kappa shape index (κ1) is 15.2. The van der Waals surface area contributed by atoms with E-state index < -0.39 is 0 Å². The van der Waals surface area contributed by atoms with Crippen molar-refractivity contribution in [3.63, 3.8) is 0 Å². The zero-order chi connectivity index (χ0) is 15.1. The van der Waals surface area contributed by atoms with E-state index in [9.17, 15) is 4.39 Å². The first-order valence-electron chi connectivity index (χ1n) is 7.18. The van der Waals surface area contributed by atoms with Gasteiger partial charge in [-0.25, -0.2) is 4.39 Å². The highest BCUT2D eigenvalue weighted by molar-refractivity contribution is 5.47. The second-order valence-corrected chi connectivity index (χ2v) is 4.81. The molecule has 2 N–H and O–H groups in total. The normalized spacial score (nSPS) is 10.4. The van der Waals surface area contributed by atoms with Gasteiger partial charge in [0, 0.05) is 24.8 Å². The molecule has 0 saturated heterocycles. The molecule has 0 heterocycles. The summed E-state index contributed by atoms with van der Waals surface area (Å²) in [6.07, 6.45) is 0.816. The predicted molar refractivity (Wildman–Crippen MR) is 85.3 cm³/mol. The highest BCUT2D eigenvalue weighted by atomic mass is 19.1. The minimum absolute atomic E-state index is 0.184. The molecular formula is C17H21FN2O. The van der Waals surface area contributed by atoms with E-state index in [2.05, 4.69) is 0 Å². The molecule has 0 aromatic heterocycles. The summed E-state index contributed by atoms with van der Waals surface area (Å²) in [7, 11) is 0. The monoisotopic (exact) mass is 288 g/mol. The molecule has 2 aromatic carbocycles. The van der Waals surface area contributed by atoms with Crippen LogP contribution < -0.4 is 15.4 Å². The van der Waals surface area contributed by atoms with Crippen molar-refractivity contribution in [3.8, 4) is 5.75 Å². The van der Waals surface area contributed by atoms with Crippen LogP contribution in [0.4, 0.5) is 15.8 Å². The van der Waals surface area contributed by atoms with Crippen molar-refractivity contribution in [1.29, 1.82) is 0 Å². The number of anilines is 2. The molecule has 0 aliphatic carbocycles. The molecule has 0 bridgehead atoms. The second-order valence-electron chi connectivity index (χ2n) is 4.81. The number of ether oxygens (including phenoxy) is 1. The average Bonchev–Trinajstić information content (AvgIpc) is 2.49. The van der Waals surface area contributed by atoms with Crippen LogP contribution in [0, 0.1) is 5.82 Å². The van der Waals surface area contributed by atoms with Crippen LogP contribution in [0.25, 0.3) is 0 Å². The molecule has 0 amide bonds. The fourth-order valence-electron chi connectivity index (χ4n) is 2.21. The van der Waals surface area contributed by atoms with E-state index in [-0.39, 0.29) is 5.82 Å². The van der Waals surface area contributed by atoms with E-state index in [1.807, 2.05) is 36.1 Å². The molecule has 0 aliphatic rings. The lowest BCUT2D eigenvalue weighted by atomic mass is 10.2. The maximum Gasteiger partial charge on any atom is 0.146 e. The Morgan fingerprint density at radius 2 is 1.95 bits per heavy atom. The third kappa shape index (κ3) is 4.38. The smallest absolute Gasteiger partial charge is 0.146 e. The maximum absolute atomic E-state index is 13.8. The molecule has 4 heteroatoms. The van der Waals surface area contributed by atoms with Gasteiger partial charge in [0.05, 0.1) is 12.3 Å². The van der Waals surface area contributed by atoms with Gasteiger partial charge in [-0.1, -0.05) is 18.2 Å². The molecular weight excluding hydrogens is 267 g/mol. The molecule has 112 valence electrons. The van der Waals surface area contributed by atoms with Gasteiger partial charge < -0.3 is 15.4 Å². The highest BCUT2D eigenvalue weighted by Gasteiger charge is 2.08. The van der Waals surface area contributed by atoms with Gasteiger partial charge in [0.25, 0.3) is 0 Å². The van der Waals surface area contributed by atoms with Crippen molar-refractivity contribution >= 4 is 11.4 Å². The third-order valence-electron chi connectivity index (χ3n) is 3.27. The van der Waals surface area contributed by atoms with Crippen LogP contribution in [0.5, 0.6) is 5.75 Å². The molecule has 21 heavy (non-hydrogen) atoms. The summed E-state index contributed by atoms with van der Waals surface area (Å²) in [5.74, 6) is 0.583. The lowest BCUT2D eigenvalue weighted by molar-refractivity contribution is 0.312. The zero-order valence-electron chi connectivity index (χ0n) is 12.3. The molecule has 2 rings (SSSR count). The Morgan fingerprint density at radius 1 is 1.14 bits per heavy atom. The minimum Gasteiger partial charge on any atom is -0.493 e. The molecule has 0 fully saturated rings. The van der Waals surface area contributed by atoms with Gasteiger partial charge in [0.1, 0.15) is 11.6 Å². The van der Waals surface area contributed by atoms with Gasteiger partial charge in [-0.05, 0) is 37.6 Å². The summed E-state index contributed by atoms with van der Waals surface area (Å²) in [4.78, 5) is 2.01. The molecule has 3 nitrogen and oxygen atoms in total. The van der Waals surface area contributed by atoms with Crippen molar-refractivity contribution in [3.05, 3.63) is 54.3 Å². The van der Waals surface area contributed by atoms with E-state index >= 15 is 0 Å². The van der Waals surface area contributed by atoms with Gasteiger partial charge in [-0.3, -0.25) is 0 Å². The Hall–Kier alpha value is -2.23. The van der Waals surface area contributed by atoms with Gasteiger partial charge in [0.2, 0.25) is 0 Å². The number of nitrogen functional groups attached to an aromatic ring is 1.